The van der Waals surface area contributed by atoms with Crippen LogP contribution in [0.25, 0.3) is 0 Å². The van der Waals surface area contributed by atoms with Crippen molar-refractivity contribution in [2.45, 2.75) is 19.4 Å². The highest BCUT2D eigenvalue weighted by atomic mass is 32.2. The lowest BCUT2D eigenvalue weighted by Gasteiger charge is -2.22. The molecule has 0 saturated heterocycles. The van der Waals surface area contributed by atoms with Crippen molar-refractivity contribution in [3.05, 3.63) is 34.9 Å². The average Bonchev–Trinajstić information content (AvgIpc) is 2.31. The van der Waals surface area contributed by atoms with Crippen LogP contribution in [0.2, 0.25) is 0 Å². The molecule has 6 heteroatoms. The van der Waals surface area contributed by atoms with Gasteiger partial charge in [0.1, 0.15) is 11.6 Å². The van der Waals surface area contributed by atoms with Crippen LogP contribution in [0.1, 0.15) is 22.8 Å². The molecule has 0 fully saturated rings. The van der Waals surface area contributed by atoms with E-state index in [9.17, 15) is 18.7 Å². The zero-order chi connectivity index (χ0) is 14.6. The Morgan fingerprint density at radius 2 is 2.05 bits per heavy atom. The Hall–Kier alpha value is -1.14. The number of amides is 1. The molecule has 0 spiro atoms. The van der Waals surface area contributed by atoms with E-state index < -0.39 is 23.1 Å². The number of aryl methyl sites for hydroxylation is 1. The van der Waals surface area contributed by atoms with Gasteiger partial charge in [-0.15, -0.1) is 0 Å². The lowest BCUT2D eigenvalue weighted by Crippen LogP contribution is -2.42. The van der Waals surface area contributed by atoms with Gasteiger partial charge in [-0.25, -0.2) is 8.78 Å². The number of aliphatic hydroxyl groups is 1. The van der Waals surface area contributed by atoms with Crippen LogP contribution >= 0.6 is 11.8 Å². The van der Waals surface area contributed by atoms with Gasteiger partial charge in [-0.2, -0.15) is 11.8 Å². The van der Waals surface area contributed by atoms with Crippen molar-refractivity contribution < 1.29 is 18.7 Å². The number of benzene rings is 1. The molecule has 0 aliphatic carbocycles. The molecule has 0 aliphatic heterocycles. The van der Waals surface area contributed by atoms with Gasteiger partial charge in [0.05, 0.1) is 11.2 Å². The van der Waals surface area contributed by atoms with Gasteiger partial charge in [0.2, 0.25) is 0 Å². The summed E-state index contributed by atoms with van der Waals surface area (Å²) in [7, 11) is 0. The van der Waals surface area contributed by atoms with E-state index in [1.807, 2.05) is 6.26 Å². The summed E-state index contributed by atoms with van der Waals surface area (Å²) in [6, 6.07) is 1.84. The second kappa shape index (κ2) is 6.34. The van der Waals surface area contributed by atoms with Gasteiger partial charge >= 0.3 is 0 Å². The van der Waals surface area contributed by atoms with E-state index in [4.69, 9.17) is 0 Å². The molecule has 106 valence electrons. The number of nitrogens with one attached hydrogen (secondary N) is 1. The number of carbonyl (C=O) groups excluding carboxylic acids is 1. The van der Waals surface area contributed by atoms with E-state index in [1.54, 1.807) is 6.92 Å². The molecular formula is C13H17F2NO2S. The Kier molecular flexibility index (Phi) is 5.31. The molecule has 0 saturated carbocycles. The molecule has 0 bridgehead atoms. The second-order valence-electron chi connectivity index (χ2n) is 4.69. The van der Waals surface area contributed by atoms with Gasteiger partial charge in [0, 0.05) is 18.4 Å². The maximum atomic E-state index is 13.5. The molecule has 1 amide bonds. The second-order valence-corrected chi connectivity index (χ2v) is 5.56. The minimum atomic E-state index is -1.07. The standard InChI is InChI=1S/C13H17F2NO2S/c1-8-4-9(11(15)5-10(8)14)12(17)16-6-13(2,18)7-19-3/h4-5,18H,6-7H2,1-3H3,(H,16,17). The van der Waals surface area contributed by atoms with Crippen molar-refractivity contribution in [2.24, 2.45) is 0 Å². The van der Waals surface area contributed by atoms with Crippen molar-refractivity contribution in [3.63, 3.8) is 0 Å². The Bertz CT molecular complexity index is 478. The first-order valence-electron chi connectivity index (χ1n) is 5.72. The first-order valence-corrected chi connectivity index (χ1v) is 7.11. The highest BCUT2D eigenvalue weighted by molar-refractivity contribution is 7.98. The van der Waals surface area contributed by atoms with Crippen LogP contribution in [-0.4, -0.2) is 35.2 Å². The van der Waals surface area contributed by atoms with E-state index in [0.29, 0.717) is 11.8 Å². The van der Waals surface area contributed by atoms with Crippen molar-refractivity contribution in [1.82, 2.24) is 5.32 Å². The molecule has 0 aliphatic rings. The minimum Gasteiger partial charge on any atom is -0.387 e. The largest absolute Gasteiger partial charge is 0.387 e. The Morgan fingerprint density at radius 1 is 1.42 bits per heavy atom. The molecule has 0 heterocycles. The molecule has 19 heavy (non-hydrogen) atoms. The molecule has 1 rings (SSSR count). The van der Waals surface area contributed by atoms with Crippen LogP contribution in [-0.2, 0) is 0 Å². The molecule has 0 aromatic heterocycles. The summed E-state index contributed by atoms with van der Waals surface area (Å²) >= 11 is 1.44. The fourth-order valence-electron chi connectivity index (χ4n) is 1.56. The SMILES string of the molecule is CSCC(C)(O)CNC(=O)c1cc(C)c(F)cc1F. The fraction of sp³-hybridized carbons (Fsp3) is 0.462. The number of halogens is 2. The van der Waals surface area contributed by atoms with Crippen molar-refractivity contribution in [3.8, 4) is 0 Å². The number of rotatable bonds is 5. The van der Waals surface area contributed by atoms with Crippen molar-refractivity contribution >= 4 is 17.7 Å². The van der Waals surface area contributed by atoms with Gasteiger partial charge in [0.15, 0.2) is 0 Å². The summed E-state index contributed by atoms with van der Waals surface area (Å²) in [6.07, 6.45) is 1.83. The van der Waals surface area contributed by atoms with Gasteiger partial charge in [0.25, 0.3) is 5.91 Å². The van der Waals surface area contributed by atoms with E-state index in [0.717, 1.165) is 6.07 Å². The zero-order valence-corrected chi connectivity index (χ0v) is 11.9. The van der Waals surface area contributed by atoms with Crippen LogP contribution in [0.15, 0.2) is 12.1 Å². The zero-order valence-electron chi connectivity index (χ0n) is 11.1. The summed E-state index contributed by atoms with van der Waals surface area (Å²) in [4.78, 5) is 11.8. The highest BCUT2D eigenvalue weighted by Crippen LogP contribution is 2.15. The predicted molar refractivity (Wildman–Crippen MR) is 72.4 cm³/mol. The van der Waals surface area contributed by atoms with Gasteiger partial charge < -0.3 is 10.4 Å². The maximum Gasteiger partial charge on any atom is 0.254 e. The summed E-state index contributed by atoms with van der Waals surface area (Å²) < 4.78 is 26.6. The summed E-state index contributed by atoms with van der Waals surface area (Å²) in [6.45, 7) is 3.04. The minimum absolute atomic E-state index is 0.00252. The summed E-state index contributed by atoms with van der Waals surface area (Å²) in [5, 5.41) is 12.3. The first-order chi connectivity index (χ1) is 8.76. The van der Waals surface area contributed by atoms with E-state index in [2.05, 4.69) is 5.32 Å². The number of thioether (sulfide) groups is 1. The molecule has 1 atom stereocenters. The van der Waals surface area contributed by atoms with Gasteiger partial charge in [-0.05, 0) is 31.7 Å². The smallest absolute Gasteiger partial charge is 0.254 e. The number of hydrogen-bond donors (Lipinski definition) is 2. The van der Waals surface area contributed by atoms with E-state index >= 15 is 0 Å². The molecule has 1 aromatic carbocycles. The predicted octanol–water partition coefficient (Wildman–Crippen LogP) is 2.12. The topological polar surface area (TPSA) is 49.3 Å². The molecule has 0 radical (unpaired) electrons. The van der Waals surface area contributed by atoms with E-state index in [-0.39, 0.29) is 17.7 Å². The Morgan fingerprint density at radius 3 is 2.63 bits per heavy atom. The third-order valence-electron chi connectivity index (χ3n) is 2.58. The normalized spacial score (nSPS) is 14.0. The van der Waals surface area contributed by atoms with Gasteiger partial charge in [-0.1, -0.05) is 0 Å². The monoisotopic (exact) mass is 289 g/mol. The van der Waals surface area contributed by atoms with Gasteiger partial charge in [-0.3, -0.25) is 4.79 Å². The van der Waals surface area contributed by atoms with Crippen LogP contribution in [0.4, 0.5) is 8.78 Å². The number of hydrogen-bond acceptors (Lipinski definition) is 3. The average molecular weight is 289 g/mol. The van der Waals surface area contributed by atoms with Crippen LogP contribution in [0, 0.1) is 18.6 Å². The fourth-order valence-corrected chi connectivity index (χ4v) is 2.28. The molecule has 2 N–H and O–H groups in total. The highest BCUT2D eigenvalue weighted by Gasteiger charge is 2.22. The number of carbonyl (C=O) groups is 1. The molecule has 1 unspecified atom stereocenters. The van der Waals surface area contributed by atoms with Crippen LogP contribution in [0.5, 0.6) is 0 Å². The lowest BCUT2D eigenvalue weighted by atomic mass is 10.1. The van der Waals surface area contributed by atoms with Crippen molar-refractivity contribution in [1.29, 1.82) is 0 Å². The van der Waals surface area contributed by atoms with Crippen LogP contribution < -0.4 is 5.32 Å². The molecule has 3 nitrogen and oxygen atoms in total. The maximum absolute atomic E-state index is 13.5. The Labute approximate surface area is 115 Å². The molecule has 1 aromatic rings. The molecular weight excluding hydrogens is 272 g/mol. The van der Waals surface area contributed by atoms with Crippen LogP contribution in [0.3, 0.4) is 0 Å². The van der Waals surface area contributed by atoms with E-state index in [1.165, 1.54) is 18.7 Å². The summed E-state index contributed by atoms with van der Waals surface area (Å²) in [5.41, 5.74) is -1.10. The quantitative estimate of drug-likeness (QED) is 0.873. The third kappa shape index (κ3) is 4.47. The third-order valence-corrected chi connectivity index (χ3v) is 3.49. The summed E-state index contributed by atoms with van der Waals surface area (Å²) in [5.74, 6) is -1.83. The first kappa shape index (κ1) is 15.9. The Balaban J connectivity index is 2.77. The lowest BCUT2D eigenvalue weighted by molar-refractivity contribution is 0.0722. The van der Waals surface area contributed by atoms with Crippen molar-refractivity contribution in [2.75, 3.05) is 18.6 Å².